The molecule has 0 aliphatic heterocycles. The first kappa shape index (κ1) is 14.7. The molecular weight excluding hydrogens is 320 g/mol. The summed E-state index contributed by atoms with van der Waals surface area (Å²) in [7, 11) is 0. The Labute approximate surface area is 126 Å². The molecule has 0 fully saturated rings. The van der Waals surface area contributed by atoms with Crippen LogP contribution in [0.2, 0.25) is 0 Å². The van der Waals surface area contributed by atoms with E-state index in [1.807, 2.05) is 12.1 Å². The highest BCUT2D eigenvalue weighted by atomic mass is 79.9. The Kier molecular flexibility index (Phi) is 4.87. The standard InChI is InChI=1S/C15H15BrN2O2/c1-11-4-2-3-5-12(11)9-17-10-13-6-7-14(18(19)20)8-15(13)16/h2-8,17H,9-10H2,1H3. The van der Waals surface area contributed by atoms with Gasteiger partial charge in [-0.2, -0.15) is 0 Å². The van der Waals surface area contributed by atoms with E-state index in [9.17, 15) is 10.1 Å². The first-order valence-corrected chi connectivity index (χ1v) is 7.05. The second-order valence-electron chi connectivity index (χ2n) is 4.56. The molecule has 20 heavy (non-hydrogen) atoms. The van der Waals surface area contributed by atoms with Gasteiger partial charge in [-0.3, -0.25) is 10.1 Å². The van der Waals surface area contributed by atoms with Crippen LogP contribution in [0.25, 0.3) is 0 Å². The first-order valence-electron chi connectivity index (χ1n) is 6.26. The molecule has 104 valence electrons. The van der Waals surface area contributed by atoms with Crippen LogP contribution in [0.1, 0.15) is 16.7 Å². The second-order valence-corrected chi connectivity index (χ2v) is 5.42. The molecule has 2 aromatic rings. The lowest BCUT2D eigenvalue weighted by atomic mass is 10.1. The zero-order chi connectivity index (χ0) is 14.5. The molecule has 0 unspecified atom stereocenters. The van der Waals surface area contributed by atoms with Crippen molar-refractivity contribution in [2.45, 2.75) is 20.0 Å². The van der Waals surface area contributed by atoms with E-state index in [-0.39, 0.29) is 5.69 Å². The van der Waals surface area contributed by atoms with Crippen molar-refractivity contribution in [1.82, 2.24) is 5.32 Å². The Bertz CT molecular complexity index is 629. The lowest BCUT2D eigenvalue weighted by Gasteiger charge is -2.09. The van der Waals surface area contributed by atoms with E-state index in [2.05, 4.69) is 40.3 Å². The minimum atomic E-state index is -0.394. The van der Waals surface area contributed by atoms with Crippen molar-refractivity contribution in [2.24, 2.45) is 0 Å². The number of nitro benzene ring substituents is 1. The van der Waals surface area contributed by atoms with Crippen molar-refractivity contribution < 1.29 is 4.92 Å². The van der Waals surface area contributed by atoms with E-state index in [1.165, 1.54) is 23.3 Å². The van der Waals surface area contributed by atoms with Crippen LogP contribution in [0.4, 0.5) is 5.69 Å². The second kappa shape index (κ2) is 6.63. The van der Waals surface area contributed by atoms with Gasteiger partial charge in [0.05, 0.1) is 4.92 Å². The van der Waals surface area contributed by atoms with Crippen LogP contribution in [0, 0.1) is 17.0 Å². The fourth-order valence-corrected chi connectivity index (χ4v) is 2.44. The van der Waals surface area contributed by atoms with Gasteiger partial charge in [-0.15, -0.1) is 0 Å². The predicted molar refractivity (Wildman–Crippen MR) is 82.5 cm³/mol. The number of benzene rings is 2. The highest BCUT2D eigenvalue weighted by Crippen LogP contribution is 2.23. The summed E-state index contributed by atoms with van der Waals surface area (Å²) >= 11 is 3.37. The van der Waals surface area contributed by atoms with Crippen LogP contribution >= 0.6 is 15.9 Å². The number of hydrogen-bond donors (Lipinski definition) is 1. The number of hydrogen-bond acceptors (Lipinski definition) is 3. The maximum Gasteiger partial charge on any atom is 0.270 e. The molecule has 0 atom stereocenters. The van der Waals surface area contributed by atoms with Gasteiger partial charge in [-0.25, -0.2) is 0 Å². The number of nitro groups is 1. The molecule has 0 bridgehead atoms. The summed E-state index contributed by atoms with van der Waals surface area (Å²) in [5, 5.41) is 14.0. The molecule has 0 amide bonds. The van der Waals surface area contributed by atoms with Crippen LogP contribution in [-0.2, 0) is 13.1 Å². The summed E-state index contributed by atoms with van der Waals surface area (Å²) in [6.45, 7) is 3.52. The van der Waals surface area contributed by atoms with Crippen LogP contribution in [0.3, 0.4) is 0 Å². The molecule has 4 nitrogen and oxygen atoms in total. The summed E-state index contributed by atoms with van der Waals surface area (Å²) < 4.78 is 0.754. The number of nitrogens with one attached hydrogen (secondary N) is 1. The van der Waals surface area contributed by atoms with E-state index in [0.29, 0.717) is 6.54 Å². The van der Waals surface area contributed by atoms with Gasteiger partial charge in [-0.05, 0) is 29.7 Å². The monoisotopic (exact) mass is 334 g/mol. The minimum absolute atomic E-state index is 0.0968. The Morgan fingerprint density at radius 1 is 1.15 bits per heavy atom. The van der Waals surface area contributed by atoms with Gasteiger partial charge in [0.2, 0.25) is 0 Å². The topological polar surface area (TPSA) is 55.2 Å². The van der Waals surface area contributed by atoms with E-state index in [4.69, 9.17) is 0 Å². The molecule has 5 heteroatoms. The molecular formula is C15H15BrN2O2. The summed E-state index contributed by atoms with van der Waals surface area (Å²) in [6, 6.07) is 13.0. The third-order valence-electron chi connectivity index (χ3n) is 3.14. The Balaban J connectivity index is 1.98. The van der Waals surface area contributed by atoms with Crippen molar-refractivity contribution >= 4 is 21.6 Å². The Morgan fingerprint density at radius 3 is 2.50 bits per heavy atom. The molecule has 0 aliphatic rings. The Morgan fingerprint density at radius 2 is 1.85 bits per heavy atom. The van der Waals surface area contributed by atoms with Gasteiger partial charge < -0.3 is 5.32 Å². The van der Waals surface area contributed by atoms with Crippen LogP contribution < -0.4 is 5.32 Å². The SMILES string of the molecule is Cc1ccccc1CNCc1ccc([N+](=O)[O-])cc1Br. The molecule has 0 radical (unpaired) electrons. The maximum absolute atomic E-state index is 10.7. The Hall–Kier alpha value is -1.72. The fraction of sp³-hybridized carbons (Fsp3) is 0.200. The molecule has 0 spiro atoms. The van der Waals surface area contributed by atoms with Gasteiger partial charge in [0.25, 0.3) is 5.69 Å². The van der Waals surface area contributed by atoms with Gasteiger partial charge >= 0.3 is 0 Å². The number of aryl methyl sites for hydroxylation is 1. The van der Waals surface area contributed by atoms with E-state index >= 15 is 0 Å². The number of nitrogens with zero attached hydrogens (tertiary/aromatic N) is 1. The number of halogens is 1. The number of non-ortho nitro benzene ring substituents is 1. The molecule has 2 rings (SSSR count). The predicted octanol–water partition coefficient (Wildman–Crippen LogP) is 3.96. The van der Waals surface area contributed by atoms with Crippen LogP contribution in [0.15, 0.2) is 46.9 Å². The number of rotatable bonds is 5. The van der Waals surface area contributed by atoms with Crippen LogP contribution in [0.5, 0.6) is 0 Å². The van der Waals surface area contributed by atoms with Gasteiger partial charge in [0.15, 0.2) is 0 Å². The molecule has 0 saturated heterocycles. The zero-order valence-corrected chi connectivity index (χ0v) is 12.7. The van der Waals surface area contributed by atoms with E-state index in [0.717, 1.165) is 16.6 Å². The summed E-state index contributed by atoms with van der Waals surface area (Å²) in [5.74, 6) is 0. The summed E-state index contributed by atoms with van der Waals surface area (Å²) in [5.41, 5.74) is 3.61. The highest BCUT2D eigenvalue weighted by Gasteiger charge is 2.08. The maximum atomic E-state index is 10.7. The van der Waals surface area contributed by atoms with Crippen molar-refractivity contribution in [3.8, 4) is 0 Å². The van der Waals surface area contributed by atoms with Crippen molar-refractivity contribution in [1.29, 1.82) is 0 Å². The van der Waals surface area contributed by atoms with Gasteiger partial charge in [0, 0.05) is 29.7 Å². The van der Waals surface area contributed by atoms with E-state index in [1.54, 1.807) is 6.07 Å². The van der Waals surface area contributed by atoms with Crippen molar-refractivity contribution in [2.75, 3.05) is 0 Å². The fourth-order valence-electron chi connectivity index (χ4n) is 1.93. The molecule has 0 aliphatic carbocycles. The lowest BCUT2D eigenvalue weighted by molar-refractivity contribution is -0.384. The third kappa shape index (κ3) is 3.65. The molecule has 0 aromatic heterocycles. The first-order chi connectivity index (χ1) is 9.58. The molecule has 1 N–H and O–H groups in total. The largest absolute Gasteiger partial charge is 0.309 e. The van der Waals surface area contributed by atoms with Crippen LogP contribution in [-0.4, -0.2) is 4.92 Å². The average Bonchev–Trinajstić information content (AvgIpc) is 2.42. The van der Waals surface area contributed by atoms with Crippen molar-refractivity contribution in [3.63, 3.8) is 0 Å². The minimum Gasteiger partial charge on any atom is -0.309 e. The lowest BCUT2D eigenvalue weighted by Crippen LogP contribution is -2.13. The third-order valence-corrected chi connectivity index (χ3v) is 3.88. The van der Waals surface area contributed by atoms with Crippen molar-refractivity contribution in [3.05, 3.63) is 73.7 Å². The molecule has 2 aromatic carbocycles. The van der Waals surface area contributed by atoms with E-state index < -0.39 is 4.92 Å². The van der Waals surface area contributed by atoms with Gasteiger partial charge in [0.1, 0.15) is 0 Å². The smallest absolute Gasteiger partial charge is 0.270 e. The highest BCUT2D eigenvalue weighted by molar-refractivity contribution is 9.10. The van der Waals surface area contributed by atoms with Gasteiger partial charge in [-0.1, -0.05) is 40.2 Å². The zero-order valence-electron chi connectivity index (χ0n) is 11.1. The normalized spacial score (nSPS) is 10.5. The molecule has 0 heterocycles. The summed E-state index contributed by atoms with van der Waals surface area (Å²) in [6.07, 6.45) is 0. The average molecular weight is 335 g/mol. The summed E-state index contributed by atoms with van der Waals surface area (Å²) in [4.78, 5) is 10.3. The quantitative estimate of drug-likeness (QED) is 0.665. The molecule has 0 saturated carbocycles.